The molecule has 3 aromatic rings. The minimum atomic E-state index is -0.658. The van der Waals surface area contributed by atoms with Gasteiger partial charge in [0.2, 0.25) is 6.10 Å². The molecule has 0 saturated carbocycles. The number of aryl methyl sites for hydroxylation is 1. The zero-order valence-corrected chi connectivity index (χ0v) is 18.6. The molecule has 2 aliphatic rings. The minimum absolute atomic E-state index is 0.0187. The zero-order valence-electron chi connectivity index (χ0n) is 16.9. The van der Waals surface area contributed by atoms with Gasteiger partial charge in [-0.2, -0.15) is 11.3 Å². The third-order valence-electron chi connectivity index (χ3n) is 5.42. The Morgan fingerprint density at radius 3 is 2.55 bits per heavy atom. The van der Waals surface area contributed by atoms with E-state index in [0.29, 0.717) is 42.6 Å². The Hall–Kier alpha value is -2.91. The van der Waals surface area contributed by atoms with Crippen molar-refractivity contribution >= 4 is 34.5 Å². The minimum Gasteiger partial charge on any atom is -0.485 e. The number of hydrogen-bond donors (Lipinski definition) is 0. The van der Waals surface area contributed by atoms with Gasteiger partial charge in [0.1, 0.15) is 16.5 Å². The van der Waals surface area contributed by atoms with E-state index in [4.69, 9.17) is 9.47 Å². The lowest BCUT2D eigenvalue weighted by atomic mass is 10.2. The van der Waals surface area contributed by atoms with E-state index in [1.54, 1.807) is 27.2 Å². The number of benzene rings is 1. The average Bonchev–Trinajstić information content (AvgIpc) is 3.48. The number of piperazine rings is 1. The number of fused-ring (bicyclic) bond motifs is 1. The van der Waals surface area contributed by atoms with Crippen LogP contribution in [0.5, 0.6) is 11.5 Å². The van der Waals surface area contributed by atoms with Crippen LogP contribution >= 0.6 is 22.7 Å². The number of rotatable bonds is 3. The highest BCUT2D eigenvalue weighted by Crippen LogP contribution is 2.32. The highest BCUT2D eigenvalue weighted by atomic mass is 32.1. The van der Waals surface area contributed by atoms with Gasteiger partial charge >= 0.3 is 0 Å². The van der Waals surface area contributed by atoms with Crippen molar-refractivity contribution in [2.75, 3.05) is 32.8 Å². The predicted octanol–water partition coefficient (Wildman–Crippen LogP) is 3.30. The van der Waals surface area contributed by atoms with E-state index in [2.05, 4.69) is 4.98 Å². The second-order valence-electron chi connectivity index (χ2n) is 7.43. The van der Waals surface area contributed by atoms with E-state index in [9.17, 15) is 9.59 Å². The normalized spacial score (nSPS) is 18.2. The van der Waals surface area contributed by atoms with Gasteiger partial charge < -0.3 is 19.3 Å². The highest BCUT2D eigenvalue weighted by Gasteiger charge is 2.34. The molecule has 31 heavy (non-hydrogen) atoms. The molecule has 0 radical (unpaired) electrons. The first kappa shape index (κ1) is 20.0. The molecule has 9 heteroatoms. The summed E-state index contributed by atoms with van der Waals surface area (Å²) < 4.78 is 11.5. The molecular formula is C22H21N3O4S2. The first-order valence-electron chi connectivity index (χ1n) is 10.1. The standard InChI is InChI=1S/C22H21N3O4S2/c1-14-19(31-20(23-14)15-6-11-30-13-15)22(27)25-9-7-24(8-10-25)21(26)18-12-28-16-4-2-3-5-17(16)29-18/h2-6,11,13,18H,7-10,12H2,1H3/t18-/m0/s1. The van der Waals surface area contributed by atoms with Crippen LogP contribution in [0.3, 0.4) is 0 Å². The van der Waals surface area contributed by atoms with Crippen LogP contribution in [0.1, 0.15) is 15.4 Å². The topological polar surface area (TPSA) is 72.0 Å². The molecule has 7 nitrogen and oxygen atoms in total. The summed E-state index contributed by atoms with van der Waals surface area (Å²) in [5, 5.41) is 4.90. The largest absolute Gasteiger partial charge is 0.485 e. The van der Waals surface area contributed by atoms with Crippen molar-refractivity contribution in [1.82, 2.24) is 14.8 Å². The van der Waals surface area contributed by atoms with Crippen molar-refractivity contribution in [3.05, 3.63) is 51.7 Å². The SMILES string of the molecule is Cc1nc(-c2ccsc2)sc1C(=O)N1CCN(C(=O)[C@@H]2COc3ccccc3O2)CC1. The number of aromatic nitrogens is 1. The number of carbonyl (C=O) groups is 2. The molecule has 2 aromatic heterocycles. The maximum Gasteiger partial charge on any atom is 0.267 e. The Kier molecular flexibility index (Phi) is 5.37. The number of nitrogens with zero attached hydrogens (tertiary/aromatic N) is 3. The van der Waals surface area contributed by atoms with Crippen LogP contribution in [0.25, 0.3) is 10.6 Å². The monoisotopic (exact) mass is 455 g/mol. The van der Waals surface area contributed by atoms with E-state index in [1.165, 1.54) is 11.3 Å². The Morgan fingerprint density at radius 1 is 1.06 bits per heavy atom. The number of para-hydroxylation sites is 2. The zero-order chi connectivity index (χ0) is 21.4. The highest BCUT2D eigenvalue weighted by molar-refractivity contribution is 7.17. The van der Waals surface area contributed by atoms with Crippen LogP contribution in [0.4, 0.5) is 0 Å². The van der Waals surface area contributed by atoms with Crippen LogP contribution in [0, 0.1) is 6.92 Å². The first-order chi connectivity index (χ1) is 15.1. The fraction of sp³-hybridized carbons (Fsp3) is 0.318. The number of thiazole rings is 1. The molecule has 2 aliphatic heterocycles. The number of thiophene rings is 1. The number of amides is 2. The van der Waals surface area contributed by atoms with Gasteiger partial charge in [0.05, 0.1) is 5.69 Å². The van der Waals surface area contributed by atoms with Crippen molar-refractivity contribution in [2.45, 2.75) is 13.0 Å². The van der Waals surface area contributed by atoms with Gasteiger partial charge in [-0.3, -0.25) is 9.59 Å². The lowest BCUT2D eigenvalue weighted by molar-refractivity contribution is -0.142. The lowest BCUT2D eigenvalue weighted by Crippen LogP contribution is -2.55. The third-order valence-corrected chi connectivity index (χ3v) is 7.30. The van der Waals surface area contributed by atoms with E-state index in [1.807, 2.05) is 41.9 Å². The smallest absolute Gasteiger partial charge is 0.267 e. The van der Waals surface area contributed by atoms with Crippen LogP contribution in [0.15, 0.2) is 41.1 Å². The second kappa shape index (κ2) is 8.32. The van der Waals surface area contributed by atoms with E-state index in [-0.39, 0.29) is 18.4 Å². The molecule has 160 valence electrons. The van der Waals surface area contributed by atoms with E-state index >= 15 is 0 Å². The molecule has 1 aromatic carbocycles. The Morgan fingerprint density at radius 2 is 1.81 bits per heavy atom. The molecule has 0 N–H and O–H groups in total. The number of hydrogen-bond acceptors (Lipinski definition) is 7. The average molecular weight is 456 g/mol. The number of ether oxygens (including phenoxy) is 2. The van der Waals surface area contributed by atoms with Gasteiger partial charge in [-0.25, -0.2) is 4.98 Å². The van der Waals surface area contributed by atoms with Crippen LogP contribution < -0.4 is 9.47 Å². The molecule has 0 unspecified atom stereocenters. The maximum absolute atomic E-state index is 13.1. The maximum atomic E-state index is 13.1. The third kappa shape index (κ3) is 3.90. The second-order valence-corrected chi connectivity index (χ2v) is 9.21. The van der Waals surface area contributed by atoms with Gasteiger partial charge in [0, 0.05) is 37.1 Å². The molecule has 1 saturated heterocycles. The summed E-state index contributed by atoms with van der Waals surface area (Å²) in [6, 6.07) is 9.36. The van der Waals surface area contributed by atoms with E-state index in [0.717, 1.165) is 16.3 Å². The summed E-state index contributed by atoms with van der Waals surface area (Å²) in [6.07, 6.45) is -0.658. The van der Waals surface area contributed by atoms with Gasteiger partial charge in [-0.15, -0.1) is 11.3 Å². The lowest BCUT2D eigenvalue weighted by Gasteiger charge is -2.37. The Bertz CT molecular complexity index is 1100. The van der Waals surface area contributed by atoms with Crippen molar-refractivity contribution < 1.29 is 19.1 Å². The molecule has 0 spiro atoms. The number of carbonyl (C=O) groups excluding carboxylic acids is 2. The summed E-state index contributed by atoms with van der Waals surface area (Å²) in [7, 11) is 0. The quantitative estimate of drug-likeness (QED) is 0.606. The van der Waals surface area contributed by atoms with Gasteiger partial charge in [0.15, 0.2) is 11.5 Å². The Labute approximate surface area is 187 Å². The van der Waals surface area contributed by atoms with E-state index < -0.39 is 6.10 Å². The van der Waals surface area contributed by atoms with Gasteiger partial charge in [-0.1, -0.05) is 12.1 Å². The Balaban J connectivity index is 1.21. The molecule has 1 atom stereocenters. The fourth-order valence-electron chi connectivity index (χ4n) is 3.72. The molecule has 2 amide bonds. The van der Waals surface area contributed by atoms with Crippen LogP contribution in [-0.2, 0) is 4.79 Å². The molecular weight excluding hydrogens is 434 g/mol. The molecule has 0 bridgehead atoms. The van der Waals surface area contributed by atoms with Crippen molar-refractivity contribution in [3.63, 3.8) is 0 Å². The molecule has 0 aliphatic carbocycles. The van der Waals surface area contributed by atoms with Crippen LogP contribution in [0.2, 0.25) is 0 Å². The molecule has 5 rings (SSSR count). The van der Waals surface area contributed by atoms with Gasteiger partial charge in [-0.05, 0) is 30.5 Å². The summed E-state index contributed by atoms with van der Waals surface area (Å²) in [4.78, 5) is 34.8. The molecule has 4 heterocycles. The molecule has 1 fully saturated rings. The van der Waals surface area contributed by atoms with Crippen molar-refractivity contribution in [3.8, 4) is 22.1 Å². The van der Waals surface area contributed by atoms with Crippen LogP contribution in [-0.4, -0.2) is 65.5 Å². The summed E-state index contributed by atoms with van der Waals surface area (Å²) >= 11 is 3.04. The van der Waals surface area contributed by atoms with Crippen molar-refractivity contribution in [1.29, 1.82) is 0 Å². The van der Waals surface area contributed by atoms with Crippen molar-refractivity contribution in [2.24, 2.45) is 0 Å². The summed E-state index contributed by atoms with van der Waals surface area (Å²) in [6.45, 7) is 3.99. The fourth-order valence-corrected chi connectivity index (χ4v) is 5.47. The summed E-state index contributed by atoms with van der Waals surface area (Å²) in [5.74, 6) is 1.12. The van der Waals surface area contributed by atoms with Gasteiger partial charge in [0.25, 0.3) is 11.8 Å². The first-order valence-corrected chi connectivity index (χ1v) is 11.8. The summed E-state index contributed by atoms with van der Waals surface area (Å²) in [5.41, 5.74) is 1.80. The predicted molar refractivity (Wildman–Crippen MR) is 119 cm³/mol.